The Morgan fingerprint density at radius 2 is 1.86 bits per heavy atom. The fourth-order valence-electron chi connectivity index (χ4n) is 2.52. The predicted molar refractivity (Wildman–Crippen MR) is 55.1 cm³/mol. The minimum atomic E-state index is 0.226. The second kappa shape index (κ2) is 4.60. The summed E-state index contributed by atoms with van der Waals surface area (Å²) in [5, 5.41) is 0. The highest BCUT2D eigenvalue weighted by atomic mass is 16.5. The highest BCUT2D eigenvalue weighted by molar-refractivity contribution is 4.86. The zero-order valence-corrected chi connectivity index (χ0v) is 8.95. The van der Waals surface area contributed by atoms with Crippen LogP contribution in [-0.4, -0.2) is 31.5 Å². The molecule has 0 amide bonds. The topological polar surface area (TPSA) is 44.5 Å². The second-order valence-electron chi connectivity index (χ2n) is 4.59. The average molecular weight is 199 g/mol. The zero-order valence-electron chi connectivity index (χ0n) is 8.95. The molecule has 2 N–H and O–H groups in total. The monoisotopic (exact) mass is 199 g/mol. The van der Waals surface area contributed by atoms with Gasteiger partial charge < -0.3 is 15.2 Å². The molecule has 0 bridgehead atoms. The maximum Gasteiger partial charge on any atom is 0.0733 e. The van der Waals surface area contributed by atoms with Gasteiger partial charge in [0, 0.05) is 19.3 Å². The minimum absolute atomic E-state index is 0.226. The highest BCUT2D eigenvalue weighted by Gasteiger charge is 2.32. The summed E-state index contributed by atoms with van der Waals surface area (Å²) in [7, 11) is 0. The molecule has 0 aromatic heterocycles. The van der Waals surface area contributed by atoms with Crippen molar-refractivity contribution in [2.24, 2.45) is 11.7 Å². The van der Waals surface area contributed by atoms with Crippen molar-refractivity contribution in [3.05, 3.63) is 0 Å². The van der Waals surface area contributed by atoms with E-state index in [2.05, 4.69) is 6.92 Å². The van der Waals surface area contributed by atoms with E-state index in [1.165, 1.54) is 6.42 Å². The van der Waals surface area contributed by atoms with Gasteiger partial charge in [0.1, 0.15) is 0 Å². The van der Waals surface area contributed by atoms with Crippen LogP contribution in [-0.2, 0) is 9.47 Å². The molecule has 0 radical (unpaired) electrons. The van der Waals surface area contributed by atoms with Gasteiger partial charge in [-0.2, -0.15) is 0 Å². The normalized spacial score (nSPS) is 37.3. The van der Waals surface area contributed by atoms with Crippen molar-refractivity contribution >= 4 is 0 Å². The molecule has 0 aromatic carbocycles. The fourth-order valence-corrected chi connectivity index (χ4v) is 2.52. The molecule has 3 heteroatoms. The molecule has 0 aromatic rings. The van der Waals surface area contributed by atoms with Crippen LogP contribution in [0.25, 0.3) is 0 Å². The van der Waals surface area contributed by atoms with E-state index in [0.29, 0.717) is 18.1 Å². The molecule has 2 heterocycles. The molecule has 2 saturated heterocycles. The molecule has 3 nitrogen and oxygen atoms in total. The number of ether oxygens (including phenoxy) is 2. The summed E-state index contributed by atoms with van der Waals surface area (Å²) in [5.41, 5.74) is 6.24. The van der Waals surface area contributed by atoms with Crippen molar-refractivity contribution < 1.29 is 9.47 Å². The van der Waals surface area contributed by atoms with Crippen molar-refractivity contribution in [2.75, 3.05) is 13.2 Å². The minimum Gasteiger partial charge on any atom is -0.381 e. The van der Waals surface area contributed by atoms with Gasteiger partial charge in [0.2, 0.25) is 0 Å². The Kier molecular flexibility index (Phi) is 3.42. The molecule has 0 spiro atoms. The maximum atomic E-state index is 6.24. The van der Waals surface area contributed by atoms with Crippen LogP contribution in [0, 0.1) is 5.92 Å². The zero-order chi connectivity index (χ0) is 9.97. The standard InChI is InChI=1S/C11H21NO2/c1-8-2-3-10(14-8)11(12)9-4-6-13-7-5-9/h8-11H,2-7,12H2,1H3. The Balaban J connectivity index is 1.84. The summed E-state index contributed by atoms with van der Waals surface area (Å²) in [6, 6.07) is 0.226. The van der Waals surface area contributed by atoms with Crippen LogP contribution in [0.2, 0.25) is 0 Å². The molecule has 3 atom stereocenters. The third-order valence-electron chi connectivity index (χ3n) is 3.50. The van der Waals surface area contributed by atoms with Crippen LogP contribution in [0.15, 0.2) is 0 Å². The largest absolute Gasteiger partial charge is 0.381 e. The Labute approximate surface area is 85.9 Å². The van der Waals surface area contributed by atoms with Gasteiger partial charge in [0.05, 0.1) is 12.2 Å². The Morgan fingerprint density at radius 1 is 1.14 bits per heavy atom. The molecule has 0 aliphatic carbocycles. The maximum absolute atomic E-state index is 6.24. The number of nitrogens with two attached hydrogens (primary N) is 1. The van der Waals surface area contributed by atoms with Crippen LogP contribution in [0.1, 0.15) is 32.6 Å². The van der Waals surface area contributed by atoms with Crippen LogP contribution >= 0.6 is 0 Å². The average Bonchev–Trinajstić information content (AvgIpc) is 2.65. The van der Waals surface area contributed by atoms with E-state index in [1.807, 2.05) is 0 Å². The Hall–Kier alpha value is -0.120. The van der Waals surface area contributed by atoms with E-state index in [0.717, 1.165) is 32.5 Å². The molecule has 2 aliphatic rings. The van der Waals surface area contributed by atoms with E-state index >= 15 is 0 Å². The van der Waals surface area contributed by atoms with E-state index in [4.69, 9.17) is 15.2 Å². The first-order chi connectivity index (χ1) is 6.77. The SMILES string of the molecule is CC1CCC(C(N)C2CCOCC2)O1. The van der Waals surface area contributed by atoms with Crippen molar-refractivity contribution in [1.29, 1.82) is 0 Å². The molecule has 3 unspecified atom stereocenters. The Morgan fingerprint density at radius 3 is 2.43 bits per heavy atom. The first kappa shape index (κ1) is 10.4. The van der Waals surface area contributed by atoms with E-state index in [1.54, 1.807) is 0 Å². The molecule has 0 saturated carbocycles. The van der Waals surface area contributed by atoms with Gasteiger partial charge >= 0.3 is 0 Å². The van der Waals surface area contributed by atoms with E-state index in [-0.39, 0.29) is 6.04 Å². The highest BCUT2D eigenvalue weighted by Crippen LogP contribution is 2.28. The van der Waals surface area contributed by atoms with Gasteiger partial charge in [-0.1, -0.05) is 0 Å². The molecule has 14 heavy (non-hydrogen) atoms. The first-order valence-corrected chi connectivity index (χ1v) is 5.76. The lowest BCUT2D eigenvalue weighted by Gasteiger charge is -2.31. The van der Waals surface area contributed by atoms with Gasteiger partial charge in [-0.05, 0) is 38.5 Å². The van der Waals surface area contributed by atoms with Gasteiger partial charge in [0.25, 0.3) is 0 Å². The molecule has 2 rings (SSSR count). The van der Waals surface area contributed by atoms with Crippen LogP contribution in [0.3, 0.4) is 0 Å². The van der Waals surface area contributed by atoms with Gasteiger partial charge in [-0.3, -0.25) is 0 Å². The van der Waals surface area contributed by atoms with Crippen LogP contribution in [0.5, 0.6) is 0 Å². The van der Waals surface area contributed by atoms with Gasteiger partial charge in [-0.25, -0.2) is 0 Å². The summed E-state index contributed by atoms with van der Waals surface area (Å²) >= 11 is 0. The molecular weight excluding hydrogens is 178 g/mol. The van der Waals surface area contributed by atoms with Gasteiger partial charge in [-0.15, -0.1) is 0 Å². The van der Waals surface area contributed by atoms with E-state index in [9.17, 15) is 0 Å². The lowest BCUT2D eigenvalue weighted by atomic mass is 9.88. The summed E-state index contributed by atoms with van der Waals surface area (Å²) < 4.78 is 11.1. The van der Waals surface area contributed by atoms with Crippen LogP contribution < -0.4 is 5.73 Å². The molecule has 82 valence electrons. The molecule has 2 fully saturated rings. The third kappa shape index (κ3) is 2.27. The Bertz CT molecular complexity index is 175. The second-order valence-corrected chi connectivity index (χ2v) is 4.59. The smallest absolute Gasteiger partial charge is 0.0733 e. The van der Waals surface area contributed by atoms with Crippen molar-refractivity contribution in [3.63, 3.8) is 0 Å². The lowest BCUT2D eigenvalue weighted by Crippen LogP contribution is -2.43. The predicted octanol–water partition coefficient (Wildman–Crippen LogP) is 1.31. The number of hydrogen-bond acceptors (Lipinski definition) is 3. The third-order valence-corrected chi connectivity index (χ3v) is 3.50. The lowest BCUT2D eigenvalue weighted by molar-refractivity contribution is -0.0000807. The van der Waals surface area contributed by atoms with Crippen molar-refractivity contribution in [2.45, 2.75) is 50.9 Å². The molecule has 2 aliphatic heterocycles. The number of rotatable bonds is 2. The van der Waals surface area contributed by atoms with Gasteiger partial charge in [0.15, 0.2) is 0 Å². The first-order valence-electron chi connectivity index (χ1n) is 5.76. The summed E-state index contributed by atoms with van der Waals surface area (Å²) in [6.07, 6.45) is 5.23. The quantitative estimate of drug-likeness (QED) is 0.729. The van der Waals surface area contributed by atoms with Crippen LogP contribution in [0.4, 0.5) is 0 Å². The summed E-state index contributed by atoms with van der Waals surface area (Å²) in [5.74, 6) is 0.610. The number of hydrogen-bond donors (Lipinski definition) is 1. The fraction of sp³-hybridized carbons (Fsp3) is 1.00. The van der Waals surface area contributed by atoms with Crippen molar-refractivity contribution in [1.82, 2.24) is 0 Å². The summed E-state index contributed by atoms with van der Waals surface area (Å²) in [6.45, 7) is 3.89. The molecular formula is C11H21NO2. The van der Waals surface area contributed by atoms with E-state index < -0.39 is 0 Å². The van der Waals surface area contributed by atoms with Crippen molar-refractivity contribution in [3.8, 4) is 0 Å². The summed E-state index contributed by atoms with van der Waals surface area (Å²) in [4.78, 5) is 0.